The molecule has 3 rings (SSSR count). The van der Waals surface area contributed by atoms with E-state index in [2.05, 4.69) is 10.1 Å². The number of esters is 1. The average molecular weight is 399 g/mol. The average Bonchev–Trinajstić information content (AvgIpc) is 3.21. The van der Waals surface area contributed by atoms with Gasteiger partial charge in [-0.2, -0.15) is 0 Å². The van der Waals surface area contributed by atoms with E-state index in [4.69, 9.17) is 9.26 Å². The second-order valence-electron chi connectivity index (χ2n) is 6.54. The standard InChI is InChI=1S/C20H21N3O4S/c1-11-6-7-17(12(2)8-11)23(15(5)24)20-21-16(10-28-20)9-26-19(25)18-13(3)22-27-14(18)4/h6-8,10H,9H2,1-5H3. The second-order valence-corrected chi connectivity index (χ2v) is 7.38. The van der Waals surface area contributed by atoms with Gasteiger partial charge in [0.1, 0.15) is 17.9 Å². The molecule has 0 atom stereocenters. The molecule has 0 aliphatic carbocycles. The lowest BCUT2D eigenvalue weighted by Gasteiger charge is -2.20. The number of aromatic nitrogens is 2. The SMILES string of the molecule is CC(=O)N(c1nc(COC(=O)c2c(C)noc2C)cs1)c1ccc(C)cc1C. The smallest absolute Gasteiger partial charge is 0.344 e. The maximum atomic E-state index is 12.3. The van der Waals surface area contributed by atoms with Crippen LogP contribution in [0.2, 0.25) is 0 Å². The van der Waals surface area contributed by atoms with Crippen LogP contribution in [0.1, 0.15) is 45.6 Å². The summed E-state index contributed by atoms with van der Waals surface area (Å²) in [5.41, 5.74) is 4.27. The van der Waals surface area contributed by atoms with Crippen molar-refractivity contribution in [2.75, 3.05) is 4.90 Å². The van der Waals surface area contributed by atoms with E-state index in [-0.39, 0.29) is 12.5 Å². The Morgan fingerprint density at radius 1 is 1.21 bits per heavy atom. The quantitative estimate of drug-likeness (QED) is 0.591. The first kappa shape index (κ1) is 19.8. The number of rotatable bonds is 5. The van der Waals surface area contributed by atoms with Gasteiger partial charge in [0.25, 0.3) is 0 Å². The molecule has 2 aromatic heterocycles. The minimum atomic E-state index is -0.511. The monoisotopic (exact) mass is 399 g/mol. The highest BCUT2D eigenvalue weighted by atomic mass is 32.1. The van der Waals surface area contributed by atoms with Gasteiger partial charge in [-0.3, -0.25) is 9.69 Å². The van der Waals surface area contributed by atoms with Crippen molar-refractivity contribution in [3.05, 3.63) is 57.4 Å². The third-order valence-corrected chi connectivity index (χ3v) is 5.10. The summed E-state index contributed by atoms with van der Waals surface area (Å²) in [5.74, 6) is -0.233. The van der Waals surface area contributed by atoms with E-state index in [0.717, 1.165) is 16.8 Å². The summed E-state index contributed by atoms with van der Waals surface area (Å²) in [6, 6.07) is 5.88. The molecule has 1 aromatic carbocycles. The van der Waals surface area contributed by atoms with Gasteiger partial charge >= 0.3 is 5.97 Å². The number of carbonyl (C=O) groups excluding carboxylic acids is 2. The molecule has 0 unspecified atom stereocenters. The number of carbonyl (C=O) groups is 2. The molecule has 0 N–H and O–H groups in total. The van der Waals surface area contributed by atoms with Crippen LogP contribution >= 0.6 is 11.3 Å². The molecular weight excluding hydrogens is 378 g/mol. The summed E-state index contributed by atoms with van der Waals surface area (Å²) in [5, 5.41) is 6.06. The van der Waals surface area contributed by atoms with Crippen molar-refractivity contribution in [3.63, 3.8) is 0 Å². The molecule has 28 heavy (non-hydrogen) atoms. The Bertz CT molecular complexity index is 1020. The van der Waals surface area contributed by atoms with Crippen molar-refractivity contribution in [3.8, 4) is 0 Å². The van der Waals surface area contributed by atoms with Crippen LogP contribution in [-0.2, 0) is 16.1 Å². The normalized spacial score (nSPS) is 10.8. The highest BCUT2D eigenvalue weighted by molar-refractivity contribution is 7.14. The third kappa shape index (κ3) is 3.96. The summed E-state index contributed by atoms with van der Waals surface area (Å²) >= 11 is 1.32. The van der Waals surface area contributed by atoms with Gasteiger partial charge in [0.15, 0.2) is 5.13 Å². The van der Waals surface area contributed by atoms with Crippen molar-refractivity contribution in [2.24, 2.45) is 0 Å². The molecule has 0 spiro atoms. The Morgan fingerprint density at radius 3 is 2.57 bits per heavy atom. The van der Waals surface area contributed by atoms with Gasteiger partial charge in [-0.25, -0.2) is 9.78 Å². The fourth-order valence-electron chi connectivity index (χ4n) is 2.91. The molecule has 3 aromatic rings. The highest BCUT2D eigenvalue weighted by Crippen LogP contribution is 2.32. The number of thiazole rings is 1. The van der Waals surface area contributed by atoms with Gasteiger partial charge in [-0.05, 0) is 39.3 Å². The summed E-state index contributed by atoms with van der Waals surface area (Å²) < 4.78 is 10.3. The summed E-state index contributed by atoms with van der Waals surface area (Å²) in [6.07, 6.45) is 0. The Kier molecular flexibility index (Phi) is 5.60. The topological polar surface area (TPSA) is 85.5 Å². The van der Waals surface area contributed by atoms with Crippen molar-refractivity contribution < 1.29 is 18.8 Å². The lowest BCUT2D eigenvalue weighted by atomic mass is 10.1. The molecule has 0 fully saturated rings. The van der Waals surface area contributed by atoms with Gasteiger partial charge < -0.3 is 9.26 Å². The first-order valence-corrected chi connectivity index (χ1v) is 9.58. The Labute approximate surface area is 166 Å². The molecule has 0 saturated heterocycles. The van der Waals surface area contributed by atoms with Crippen LogP contribution in [0.15, 0.2) is 28.1 Å². The maximum Gasteiger partial charge on any atom is 0.344 e. The largest absolute Gasteiger partial charge is 0.455 e. The van der Waals surface area contributed by atoms with Crippen molar-refractivity contribution in [1.82, 2.24) is 10.1 Å². The third-order valence-electron chi connectivity index (χ3n) is 4.23. The Morgan fingerprint density at radius 2 is 1.96 bits per heavy atom. The number of ether oxygens (including phenoxy) is 1. The molecule has 8 heteroatoms. The van der Waals surface area contributed by atoms with E-state index in [1.165, 1.54) is 18.3 Å². The highest BCUT2D eigenvalue weighted by Gasteiger charge is 2.22. The number of nitrogens with zero attached hydrogens (tertiary/aromatic N) is 3. The molecule has 0 aliphatic rings. The number of hydrogen-bond donors (Lipinski definition) is 0. The van der Waals surface area contributed by atoms with Gasteiger partial charge in [0.05, 0.1) is 17.1 Å². The first-order valence-electron chi connectivity index (χ1n) is 8.70. The lowest BCUT2D eigenvalue weighted by Crippen LogP contribution is -2.23. The lowest BCUT2D eigenvalue weighted by molar-refractivity contribution is -0.115. The van der Waals surface area contributed by atoms with Crippen LogP contribution in [0.25, 0.3) is 0 Å². The zero-order valence-corrected chi connectivity index (χ0v) is 17.2. The zero-order valence-electron chi connectivity index (χ0n) is 16.4. The number of amides is 1. The van der Waals surface area contributed by atoms with Crippen LogP contribution in [-0.4, -0.2) is 22.0 Å². The van der Waals surface area contributed by atoms with E-state index >= 15 is 0 Å². The molecule has 0 radical (unpaired) electrons. The van der Waals surface area contributed by atoms with Crippen molar-refractivity contribution in [1.29, 1.82) is 0 Å². The van der Waals surface area contributed by atoms with Gasteiger partial charge in [-0.15, -0.1) is 11.3 Å². The van der Waals surface area contributed by atoms with Crippen LogP contribution in [0.5, 0.6) is 0 Å². The fourth-order valence-corrected chi connectivity index (χ4v) is 3.78. The van der Waals surface area contributed by atoms with Gasteiger partial charge in [0, 0.05) is 12.3 Å². The molecule has 0 bridgehead atoms. The minimum absolute atomic E-state index is 0.00197. The number of aryl methyl sites for hydroxylation is 4. The van der Waals surface area contributed by atoms with Crippen LogP contribution in [0.3, 0.4) is 0 Å². The van der Waals surface area contributed by atoms with Crippen molar-refractivity contribution >= 4 is 34.0 Å². The number of hydrogen-bond acceptors (Lipinski definition) is 7. The van der Waals surface area contributed by atoms with Gasteiger partial charge in [-0.1, -0.05) is 22.9 Å². The molecule has 7 nitrogen and oxygen atoms in total. The van der Waals surface area contributed by atoms with E-state index in [9.17, 15) is 9.59 Å². The minimum Gasteiger partial charge on any atom is -0.455 e. The van der Waals surface area contributed by atoms with E-state index in [1.807, 2.05) is 32.0 Å². The summed E-state index contributed by atoms with van der Waals surface area (Å²) in [7, 11) is 0. The van der Waals surface area contributed by atoms with E-state index < -0.39 is 5.97 Å². The second kappa shape index (κ2) is 7.93. The summed E-state index contributed by atoms with van der Waals surface area (Å²) in [6.45, 7) is 8.80. The fraction of sp³-hybridized carbons (Fsp3) is 0.300. The summed E-state index contributed by atoms with van der Waals surface area (Å²) in [4.78, 5) is 30.6. The Hall–Kier alpha value is -3.00. The van der Waals surface area contributed by atoms with Crippen LogP contribution in [0, 0.1) is 27.7 Å². The Balaban J connectivity index is 1.78. The molecule has 2 heterocycles. The number of anilines is 2. The van der Waals surface area contributed by atoms with Crippen LogP contribution < -0.4 is 4.90 Å². The molecular formula is C20H21N3O4S. The van der Waals surface area contributed by atoms with Crippen LogP contribution in [0.4, 0.5) is 10.8 Å². The van der Waals surface area contributed by atoms with E-state index in [0.29, 0.717) is 27.8 Å². The molecule has 146 valence electrons. The maximum absolute atomic E-state index is 12.3. The molecule has 0 saturated carbocycles. The van der Waals surface area contributed by atoms with E-state index in [1.54, 1.807) is 24.1 Å². The van der Waals surface area contributed by atoms with Crippen molar-refractivity contribution in [2.45, 2.75) is 41.2 Å². The first-order chi connectivity index (χ1) is 13.3. The predicted molar refractivity (Wildman–Crippen MR) is 106 cm³/mol. The predicted octanol–water partition coefficient (Wildman–Crippen LogP) is 4.41. The molecule has 0 aliphatic heterocycles. The number of benzene rings is 1. The molecule has 1 amide bonds. The van der Waals surface area contributed by atoms with Gasteiger partial charge in [0.2, 0.25) is 5.91 Å². The zero-order chi connectivity index (χ0) is 20.4.